The zero-order chi connectivity index (χ0) is 14.4. The Morgan fingerprint density at radius 1 is 1.24 bits per heavy atom. The molecule has 3 nitrogen and oxygen atoms in total. The topological polar surface area (TPSA) is 41.1 Å². The summed E-state index contributed by atoms with van der Waals surface area (Å²) in [5.74, 6) is 1.61. The van der Waals surface area contributed by atoms with Gasteiger partial charge in [0, 0.05) is 13.0 Å². The first-order valence-corrected chi connectivity index (χ1v) is 8.57. The lowest BCUT2D eigenvalue weighted by atomic mass is 9.78. The fraction of sp³-hybridized carbons (Fsp3) is 0.941. The number of carbonyl (C=O) groups is 1. The number of halogens is 1. The van der Waals surface area contributed by atoms with Crippen LogP contribution in [-0.2, 0) is 4.79 Å². The third kappa shape index (κ3) is 6.15. The molecule has 1 aliphatic carbocycles. The maximum atomic E-state index is 12.2. The lowest BCUT2D eigenvalue weighted by Crippen LogP contribution is -2.38. The Labute approximate surface area is 136 Å². The molecule has 2 aliphatic rings. The van der Waals surface area contributed by atoms with Crippen molar-refractivity contribution < 1.29 is 4.79 Å². The third-order valence-electron chi connectivity index (χ3n) is 5.10. The standard InChI is InChI=1S/C17H32N2O.ClH/c1-14(2)12-17(7-3-4-8-17)13-19-16(20)11-15-5-9-18-10-6-15;/h14-15,18H,3-13H2,1-2H3,(H,19,20);1H. The second-order valence-electron chi connectivity index (χ2n) is 7.48. The minimum atomic E-state index is 0. The highest BCUT2D eigenvalue weighted by molar-refractivity contribution is 5.85. The van der Waals surface area contributed by atoms with E-state index in [1.54, 1.807) is 0 Å². The Hall–Kier alpha value is -0.280. The first-order valence-electron chi connectivity index (χ1n) is 8.57. The summed E-state index contributed by atoms with van der Waals surface area (Å²) < 4.78 is 0. The molecule has 0 radical (unpaired) electrons. The van der Waals surface area contributed by atoms with Crippen LogP contribution >= 0.6 is 12.4 Å². The van der Waals surface area contributed by atoms with Crippen molar-refractivity contribution in [2.75, 3.05) is 19.6 Å². The molecule has 21 heavy (non-hydrogen) atoms. The Balaban J connectivity index is 0.00000220. The van der Waals surface area contributed by atoms with E-state index >= 15 is 0 Å². The number of rotatable bonds is 6. The van der Waals surface area contributed by atoms with Crippen LogP contribution in [0.2, 0.25) is 0 Å². The summed E-state index contributed by atoms with van der Waals surface area (Å²) in [6, 6.07) is 0. The van der Waals surface area contributed by atoms with Crippen LogP contribution in [-0.4, -0.2) is 25.5 Å². The van der Waals surface area contributed by atoms with Crippen LogP contribution in [0.5, 0.6) is 0 Å². The van der Waals surface area contributed by atoms with Gasteiger partial charge in [-0.3, -0.25) is 4.79 Å². The van der Waals surface area contributed by atoms with Crippen molar-refractivity contribution in [3.8, 4) is 0 Å². The lowest BCUT2D eigenvalue weighted by Gasteiger charge is -2.31. The normalized spacial score (nSPS) is 22.0. The van der Waals surface area contributed by atoms with Gasteiger partial charge in [0.15, 0.2) is 0 Å². The van der Waals surface area contributed by atoms with Crippen molar-refractivity contribution in [3.05, 3.63) is 0 Å². The fourth-order valence-electron chi connectivity index (χ4n) is 4.15. The largest absolute Gasteiger partial charge is 0.356 e. The molecule has 0 aromatic carbocycles. The number of hydrogen-bond donors (Lipinski definition) is 2. The van der Waals surface area contributed by atoms with Crippen LogP contribution in [0.4, 0.5) is 0 Å². The molecule has 2 N–H and O–H groups in total. The second kappa shape index (κ2) is 8.99. The van der Waals surface area contributed by atoms with Crippen LogP contribution in [0, 0.1) is 17.3 Å². The average Bonchev–Trinajstić information content (AvgIpc) is 2.86. The van der Waals surface area contributed by atoms with Crippen molar-refractivity contribution >= 4 is 18.3 Å². The molecule has 1 saturated carbocycles. The lowest BCUT2D eigenvalue weighted by molar-refractivity contribution is -0.122. The van der Waals surface area contributed by atoms with Gasteiger partial charge in [0.2, 0.25) is 5.91 Å². The van der Waals surface area contributed by atoms with Crippen LogP contribution < -0.4 is 10.6 Å². The molecule has 1 saturated heterocycles. The average molecular weight is 317 g/mol. The van der Waals surface area contributed by atoms with E-state index < -0.39 is 0 Å². The molecule has 1 heterocycles. The zero-order valence-electron chi connectivity index (χ0n) is 13.7. The molecule has 2 fully saturated rings. The van der Waals surface area contributed by atoms with E-state index in [2.05, 4.69) is 24.5 Å². The summed E-state index contributed by atoms with van der Waals surface area (Å²) in [7, 11) is 0. The summed E-state index contributed by atoms with van der Waals surface area (Å²) in [6.07, 6.45) is 9.61. The van der Waals surface area contributed by atoms with Gasteiger partial charge in [0.1, 0.15) is 0 Å². The summed E-state index contributed by atoms with van der Waals surface area (Å²) in [6.45, 7) is 7.67. The Kier molecular flexibility index (Phi) is 8.04. The van der Waals surface area contributed by atoms with Crippen molar-refractivity contribution in [1.82, 2.24) is 10.6 Å². The highest BCUT2D eigenvalue weighted by Gasteiger charge is 2.34. The van der Waals surface area contributed by atoms with Crippen molar-refractivity contribution in [3.63, 3.8) is 0 Å². The number of nitrogens with one attached hydrogen (secondary N) is 2. The third-order valence-corrected chi connectivity index (χ3v) is 5.10. The van der Waals surface area contributed by atoms with Gasteiger partial charge in [0.05, 0.1) is 0 Å². The molecular formula is C17H33ClN2O. The predicted molar refractivity (Wildman–Crippen MR) is 90.8 cm³/mol. The molecule has 0 unspecified atom stereocenters. The Morgan fingerprint density at radius 2 is 1.86 bits per heavy atom. The van der Waals surface area contributed by atoms with E-state index in [4.69, 9.17) is 0 Å². The monoisotopic (exact) mass is 316 g/mol. The molecular weight excluding hydrogens is 284 g/mol. The molecule has 1 aliphatic heterocycles. The van der Waals surface area contributed by atoms with E-state index in [1.807, 2.05) is 0 Å². The quantitative estimate of drug-likeness (QED) is 0.787. The number of carbonyl (C=O) groups excluding carboxylic acids is 1. The number of piperidine rings is 1. The maximum Gasteiger partial charge on any atom is 0.220 e. The second-order valence-corrected chi connectivity index (χ2v) is 7.48. The maximum absolute atomic E-state index is 12.2. The molecule has 0 aromatic heterocycles. The number of hydrogen-bond acceptors (Lipinski definition) is 2. The highest BCUT2D eigenvalue weighted by atomic mass is 35.5. The predicted octanol–water partition coefficient (Wildman–Crippen LogP) is 3.52. The zero-order valence-corrected chi connectivity index (χ0v) is 14.6. The van der Waals surface area contributed by atoms with Gasteiger partial charge in [-0.15, -0.1) is 12.4 Å². The SMILES string of the molecule is CC(C)CC1(CNC(=O)CC2CCNCC2)CCCC1.Cl. The van der Waals surface area contributed by atoms with Crippen molar-refractivity contribution in [1.29, 1.82) is 0 Å². The first-order chi connectivity index (χ1) is 9.60. The highest BCUT2D eigenvalue weighted by Crippen LogP contribution is 2.42. The summed E-state index contributed by atoms with van der Waals surface area (Å²) in [5.41, 5.74) is 0.401. The minimum Gasteiger partial charge on any atom is -0.356 e. The molecule has 0 aromatic rings. The van der Waals surface area contributed by atoms with E-state index in [0.29, 0.717) is 11.3 Å². The summed E-state index contributed by atoms with van der Waals surface area (Å²) >= 11 is 0. The molecule has 0 atom stereocenters. The molecule has 4 heteroatoms. The number of amides is 1. The summed E-state index contributed by atoms with van der Waals surface area (Å²) in [5, 5.41) is 6.62. The van der Waals surface area contributed by atoms with Gasteiger partial charge in [0.25, 0.3) is 0 Å². The van der Waals surface area contributed by atoms with Crippen molar-refractivity contribution in [2.24, 2.45) is 17.3 Å². The van der Waals surface area contributed by atoms with Gasteiger partial charge in [-0.2, -0.15) is 0 Å². The smallest absolute Gasteiger partial charge is 0.220 e. The molecule has 0 bridgehead atoms. The van der Waals surface area contributed by atoms with Crippen LogP contribution in [0.15, 0.2) is 0 Å². The minimum absolute atomic E-state index is 0. The van der Waals surface area contributed by atoms with Gasteiger partial charge in [-0.1, -0.05) is 26.7 Å². The van der Waals surface area contributed by atoms with Gasteiger partial charge in [-0.05, 0) is 62.4 Å². The molecule has 1 amide bonds. The van der Waals surface area contributed by atoms with Crippen LogP contribution in [0.25, 0.3) is 0 Å². The Bertz CT molecular complexity index is 308. The van der Waals surface area contributed by atoms with Crippen molar-refractivity contribution in [2.45, 2.75) is 65.2 Å². The molecule has 0 spiro atoms. The van der Waals surface area contributed by atoms with E-state index in [-0.39, 0.29) is 18.3 Å². The van der Waals surface area contributed by atoms with E-state index in [1.165, 1.54) is 32.1 Å². The van der Waals surface area contributed by atoms with E-state index in [0.717, 1.165) is 44.8 Å². The van der Waals surface area contributed by atoms with E-state index in [9.17, 15) is 4.79 Å². The van der Waals surface area contributed by atoms with Crippen LogP contribution in [0.3, 0.4) is 0 Å². The van der Waals surface area contributed by atoms with Crippen LogP contribution in [0.1, 0.15) is 65.2 Å². The molecule has 124 valence electrons. The fourth-order valence-corrected chi connectivity index (χ4v) is 4.15. The molecule has 2 rings (SSSR count). The first kappa shape index (κ1) is 18.8. The summed E-state index contributed by atoms with van der Waals surface area (Å²) in [4.78, 5) is 12.2. The van der Waals surface area contributed by atoms with Gasteiger partial charge < -0.3 is 10.6 Å². The Morgan fingerprint density at radius 3 is 2.43 bits per heavy atom. The van der Waals surface area contributed by atoms with Gasteiger partial charge >= 0.3 is 0 Å². The van der Waals surface area contributed by atoms with Gasteiger partial charge in [-0.25, -0.2) is 0 Å².